The molecule has 0 amide bonds. The lowest BCUT2D eigenvalue weighted by molar-refractivity contribution is -0.164. The lowest BCUT2D eigenvalue weighted by Crippen LogP contribution is -2.43. The van der Waals surface area contributed by atoms with Crippen LogP contribution in [0.2, 0.25) is 0 Å². The molecule has 2 aliphatic carbocycles. The fourth-order valence-corrected chi connectivity index (χ4v) is 4.01. The summed E-state index contributed by atoms with van der Waals surface area (Å²) in [7, 11) is 0. The molecule has 8 heteroatoms. The minimum Gasteiger partial charge on any atom is -0.481 e. The average Bonchev–Trinajstić information content (AvgIpc) is 2.82. The molecule has 5 unspecified atom stereocenters. The van der Waals surface area contributed by atoms with Gasteiger partial charge in [-0.2, -0.15) is 0 Å². The van der Waals surface area contributed by atoms with Crippen LogP contribution < -0.4 is 0 Å². The van der Waals surface area contributed by atoms with Crippen molar-refractivity contribution in [2.75, 3.05) is 0 Å². The summed E-state index contributed by atoms with van der Waals surface area (Å²) < 4.78 is 0. The number of rotatable bonds is 4. The molecule has 8 nitrogen and oxygen atoms in total. The highest BCUT2D eigenvalue weighted by molar-refractivity contribution is 5.89. The number of carbonyl (C=O) groups is 4. The van der Waals surface area contributed by atoms with Crippen LogP contribution in [-0.2, 0) is 19.2 Å². The molecule has 0 spiro atoms. The summed E-state index contributed by atoms with van der Waals surface area (Å²) in [6, 6.07) is 0. The minimum absolute atomic E-state index is 0.0140. The topological polar surface area (TPSA) is 149 Å². The van der Waals surface area contributed by atoms with E-state index in [9.17, 15) is 34.5 Å². The van der Waals surface area contributed by atoms with Gasteiger partial charge in [-0.1, -0.05) is 0 Å². The monoisotopic (exact) mass is 286 g/mol. The van der Waals surface area contributed by atoms with Crippen LogP contribution in [0.3, 0.4) is 0 Å². The molecule has 0 aromatic rings. The minimum atomic E-state index is -1.79. The maximum atomic E-state index is 11.6. The van der Waals surface area contributed by atoms with Crippen molar-refractivity contribution in [1.82, 2.24) is 0 Å². The number of carboxylic acid groups (broad SMARTS) is 4. The second-order valence-electron chi connectivity index (χ2n) is 5.43. The van der Waals surface area contributed by atoms with Crippen LogP contribution in [0.1, 0.15) is 19.3 Å². The summed E-state index contributed by atoms with van der Waals surface area (Å²) in [6.45, 7) is 0. The lowest BCUT2D eigenvalue weighted by atomic mass is 9.71. The SMILES string of the molecule is O=C(O)C1CCC2(C(=O)O)C(C(=O)O)CC(C(=O)O)C12. The van der Waals surface area contributed by atoms with Crippen molar-refractivity contribution in [3.8, 4) is 0 Å². The Bertz CT molecular complexity index is 498. The summed E-state index contributed by atoms with van der Waals surface area (Å²) in [4.78, 5) is 45.4. The highest BCUT2D eigenvalue weighted by Gasteiger charge is 2.69. The largest absolute Gasteiger partial charge is 0.481 e. The van der Waals surface area contributed by atoms with Gasteiger partial charge in [-0.15, -0.1) is 0 Å². The molecule has 5 atom stereocenters. The van der Waals surface area contributed by atoms with E-state index in [1.54, 1.807) is 0 Å². The van der Waals surface area contributed by atoms with E-state index >= 15 is 0 Å². The third-order valence-electron chi connectivity index (χ3n) is 4.77. The third kappa shape index (κ3) is 1.67. The Morgan fingerprint density at radius 2 is 1.40 bits per heavy atom. The number of aliphatic carboxylic acids is 4. The zero-order valence-corrected chi connectivity index (χ0v) is 10.4. The number of carboxylic acids is 4. The first-order valence-electron chi connectivity index (χ1n) is 6.15. The smallest absolute Gasteiger partial charge is 0.310 e. The van der Waals surface area contributed by atoms with Crippen LogP contribution in [0.5, 0.6) is 0 Å². The standard InChI is InChI=1S/C12H14O8/c13-8(14)4-1-2-12(11(19)20)6(10(17)18)3-5(7(4)12)9(15)16/h4-7H,1-3H2,(H,13,14)(H,15,16)(H,17,18)(H,19,20). The van der Waals surface area contributed by atoms with E-state index in [1.165, 1.54) is 0 Å². The van der Waals surface area contributed by atoms with E-state index < -0.39 is 53.0 Å². The van der Waals surface area contributed by atoms with Gasteiger partial charge in [0.1, 0.15) is 0 Å². The molecule has 2 rings (SSSR count). The molecule has 2 fully saturated rings. The first-order valence-corrected chi connectivity index (χ1v) is 6.15. The Kier molecular flexibility index (Phi) is 3.19. The molecule has 0 aromatic carbocycles. The Hall–Kier alpha value is -2.12. The van der Waals surface area contributed by atoms with Gasteiger partial charge in [0, 0.05) is 5.92 Å². The molecule has 0 radical (unpaired) electrons. The van der Waals surface area contributed by atoms with Gasteiger partial charge in [0.15, 0.2) is 0 Å². The molecule has 2 saturated carbocycles. The first kappa shape index (κ1) is 14.3. The van der Waals surface area contributed by atoms with Gasteiger partial charge < -0.3 is 20.4 Å². The van der Waals surface area contributed by atoms with Gasteiger partial charge in [0.25, 0.3) is 0 Å². The van der Waals surface area contributed by atoms with E-state index in [0.717, 1.165) is 0 Å². The molecule has 20 heavy (non-hydrogen) atoms. The number of fused-ring (bicyclic) bond motifs is 1. The van der Waals surface area contributed by atoms with Crippen LogP contribution in [0.4, 0.5) is 0 Å². The molecule has 0 aliphatic heterocycles. The van der Waals surface area contributed by atoms with Crippen molar-refractivity contribution in [3.63, 3.8) is 0 Å². The Morgan fingerprint density at radius 1 is 0.850 bits per heavy atom. The zero-order chi connectivity index (χ0) is 15.2. The second kappa shape index (κ2) is 4.46. The van der Waals surface area contributed by atoms with E-state index in [4.69, 9.17) is 5.11 Å². The second-order valence-corrected chi connectivity index (χ2v) is 5.43. The highest BCUT2D eigenvalue weighted by atomic mass is 16.4. The van der Waals surface area contributed by atoms with Gasteiger partial charge in [-0.05, 0) is 19.3 Å². The number of hydrogen-bond donors (Lipinski definition) is 4. The summed E-state index contributed by atoms with van der Waals surface area (Å²) >= 11 is 0. The maximum Gasteiger partial charge on any atom is 0.310 e. The molecular weight excluding hydrogens is 272 g/mol. The molecule has 4 N–H and O–H groups in total. The number of hydrogen-bond acceptors (Lipinski definition) is 4. The van der Waals surface area contributed by atoms with Crippen LogP contribution in [0, 0.1) is 29.1 Å². The molecule has 0 heterocycles. The molecule has 0 saturated heterocycles. The predicted molar refractivity (Wildman–Crippen MR) is 60.8 cm³/mol. The van der Waals surface area contributed by atoms with Crippen molar-refractivity contribution in [2.24, 2.45) is 29.1 Å². The van der Waals surface area contributed by atoms with Gasteiger partial charge in [-0.3, -0.25) is 19.2 Å². The summed E-state index contributed by atoms with van der Waals surface area (Å²) in [5, 5.41) is 37.0. The van der Waals surface area contributed by atoms with E-state index in [1.807, 2.05) is 0 Å². The lowest BCUT2D eigenvalue weighted by Gasteiger charge is -2.30. The zero-order valence-electron chi connectivity index (χ0n) is 10.4. The van der Waals surface area contributed by atoms with E-state index in [2.05, 4.69) is 0 Å². The van der Waals surface area contributed by atoms with Crippen LogP contribution in [-0.4, -0.2) is 44.3 Å². The van der Waals surface area contributed by atoms with Gasteiger partial charge >= 0.3 is 23.9 Å². The predicted octanol–water partition coefficient (Wildman–Crippen LogP) is -0.0265. The van der Waals surface area contributed by atoms with Crippen molar-refractivity contribution in [2.45, 2.75) is 19.3 Å². The summed E-state index contributed by atoms with van der Waals surface area (Å²) in [6.07, 6.45) is -0.476. The Morgan fingerprint density at radius 3 is 1.80 bits per heavy atom. The van der Waals surface area contributed by atoms with Gasteiger partial charge in [-0.25, -0.2) is 0 Å². The summed E-state index contributed by atoms with van der Waals surface area (Å²) in [5.74, 6) is -10.3. The summed E-state index contributed by atoms with van der Waals surface area (Å²) in [5.41, 5.74) is -1.79. The quantitative estimate of drug-likeness (QED) is 0.563. The van der Waals surface area contributed by atoms with Gasteiger partial charge in [0.2, 0.25) is 0 Å². The van der Waals surface area contributed by atoms with Crippen molar-refractivity contribution in [3.05, 3.63) is 0 Å². The van der Waals surface area contributed by atoms with Crippen LogP contribution >= 0.6 is 0 Å². The Balaban J connectivity index is 2.56. The highest BCUT2D eigenvalue weighted by Crippen LogP contribution is 2.62. The van der Waals surface area contributed by atoms with Crippen LogP contribution in [0.25, 0.3) is 0 Å². The van der Waals surface area contributed by atoms with Crippen LogP contribution in [0.15, 0.2) is 0 Å². The normalized spacial score (nSPS) is 39.2. The van der Waals surface area contributed by atoms with Gasteiger partial charge in [0.05, 0.1) is 23.2 Å². The van der Waals surface area contributed by atoms with Crippen molar-refractivity contribution in [1.29, 1.82) is 0 Å². The third-order valence-corrected chi connectivity index (χ3v) is 4.77. The maximum absolute atomic E-state index is 11.6. The fourth-order valence-electron chi connectivity index (χ4n) is 4.01. The molecule has 2 aliphatic rings. The fraction of sp³-hybridized carbons (Fsp3) is 0.667. The molecule has 0 bridgehead atoms. The van der Waals surface area contributed by atoms with E-state index in [-0.39, 0.29) is 19.3 Å². The molecule has 110 valence electrons. The molecular formula is C12H14O8. The average molecular weight is 286 g/mol. The van der Waals surface area contributed by atoms with E-state index in [0.29, 0.717) is 0 Å². The van der Waals surface area contributed by atoms with Crippen molar-refractivity contribution >= 4 is 23.9 Å². The first-order chi connectivity index (χ1) is 9.23. The molecule has 0 aromatic heterocycles. The Labute approximate surface area is 113 Å². The van der Waals surface area contributed by atoms with Crippen molar-refractivity contribution < 1.29 is 39.6 Å².